The fourth-order valence-electron chi connectivity index (χ4n) is 4.00. The molecule has 3 aromatic rings. The number of benzene rings is 2. The molecule has 1 aliphatic rings. The van der Waals surface area contributed by atoms with Gasteiger partial charge in [-0.2, -0.15) is 9.83 Å². The molecular formula is C25H25N2+. The van der Waals surface area contributed by atoms with E-state index in [0.717, 1.165) is 33.4 Å². The Bertz CT molecular complexity index is 1350. The number of rotatable bonds is 2. The molecule has 1 heterocycles. The number of aromatic nitrogens is 1. The van der Waals surface area contributed by atoms with Crippen molar-refractivity contribution in [1.82, 2.24) is 0 Å². The molecule has 0 atom stereocenters. The molecular weight excluding hydrogens is 328 g/mol. The number of aryl methyl sites for hydroxylation is 2. The summed E-state index contributed by atoms with van der Waals surface area (Å²) in [5.41, 5.74) is 7.83. The van der Waals surface area contributed by atoms with E-state index < -0.39 is 19.6 Å². The van der Waals surface area contributed by atoms with Crippen molar-refractivity contribution in [1.29, 1.82) is 5.26 Å². The second kappa shape index (κ2) is 6.35. The standard InChI is InChI=1S/C25H25N2/c1-15(2)19-10-17(4)27(5)24(13-19)25-16(3)6-8-22-21-9-7-18(14-26)11-20(21)12-23(22)25/h6-11,13,15H,12H2,1-5H3/q+1/i1D3,2D3,15D. The van der Waals surface area contributed by atoms with Crippen LogP contribution in [-0.2, 0) is 13.5 Å². The molecule has 0 saturated heterocycles. The van der Waals surface area contributed by atoms with Crippen LogP contribution in [0.4, 0.5) is 0 Å². The Kier molecular flexibility index (Phi) is 2.60. The van der Waals surface area contributed by atoms with Gasteiger partial charge in [-0.15, -0.1) is 0 Å². The molecule has 0 N–H and O–H groups in total. The Morgan fingerprint density at radius 1 is 1.11 bits per heavy atom. The minimum absolute atomic E-state index is 0.0580. The van der Waals surface area contributed by atoms with Crippen molar-refractivity contribution in [2.75, 3.05) is 0 Å². The van der Waals surface area contributed by atoms with Crippen LogP contribution in [0.15, 0.2) is 42.5 Å². The molecule has 1 aromatic heterocycles. The van der Waals surface area contributed by atoms with Gasteiger partial charge in [-0.05, 0) is 64.8 Å². The maximum absolute atomic E-state index is 9.30. The zero-order valence-electron chi connectivity index (χ0n) is 22.6. The topological polar surface area (TPSA) is 27.7 Å². The maximum atomic E-state index is 9.30. The first-order valence-corrected chi connectivity index (χ1v) is 8.88. The molecule has 0 fully saturated rings. The number of fused-ring (bicyclic) bond motifs is 3. The number of nitrogens with zero attached hydrogens (tertiary/aromatic N) is 2. The average Bonchev–Trinajstić information content (AvgIpc) is 3.11. The lowest BCUT2D eigenvalue weighted by Gasteiger charge is -2.14. The quantitative estimate of drug-likeness (QED) is 0.442. The van der Waals surface area contributed by atoms with E-state index in [0.29, 0.717) is 23.4 Å². The van der Waals surface area contributed by atoms with Gasteiger partial charge in [0.05, 0.1) is 17.2 Å². The van der Waals surface area contributed by atoms with E-state index in [9.17, 15) is 5.26 Å². The molecule has 0 aliphatic heterocycles. The Labute approximate surface area is 171 Å². The fraction of sp³-hybridized carbons (Fsp3) is 0.280. The van der Waals surface area contributed by atoms with Crippen LogP contribution < -0.4 is 4.57 Å². The molecule has 27 heavy (non-hydrogen) atoms. The van der Waals surface area contributed by atoms with Gasteiger partial charge in [0, 0.05) is 28.7 Å². The number of hydrogen-bond acceptors (Lipinski definition) is 1. The average molecular weight is 361 g/mol. The molecule has 2 aromatic carbocycles. The predicted octanol–water partition coefficient (Wildman–Crippen LogP) is 5.36. The highest BCUT2D eigenvalue weighted by Gasteiger charge is 2.27. The van der Waals surface area contributed by atoms with Gasteiger partial charge in [-0.1, -0.05) is 31.9 Å². The SMILES string of the molecule is [2H]C([2H])([2H])C([2H])(c1cc(C)[n+](C)c(-c2c(C)ccc3c2Cc2cc(C#N)ccc2-3)c1)C([2H])([2H])[2H]. The van der Waals surface area contributed by atoms with Crippen molar-refractivity contribution in [3.63, 3.8) is 0 Å². The molecule has 134 valence electrons. The van der Waals surface area contributed by atoms with Crippen molar-refractivity contribution in [3.05, 3.63) is 76.0 Å². The molecule has 0 radical (unpaired) electrons. The summed E-state index contributed by atoms with van der Waals surface area (Å²) in [7, 11) is 1.85. The van der Waals surface area contributed by atoms with Crippen LogP contribution >= 0.6 is 0 Å². The van der Waals surface area contributed by atoms with Crippen LogP contribution in [0.2, 0.25) is 0 Å². The summed E-state index contributed by atoms with van der Waals surface area (Å²) < 4.78 is 58.1. The van der Waals surface area contributed by atoms with Gasteiger partial charge < -0.3 is 0 Å². The summed E-state index contributed by atoms with van der Waals surface area (Å²) in [6, 6.07) is 14.9. The molecule has 2 heteroatoms. The molecule has 4 rings (SSSR count). The molecule has 0 unspecified atom stereocenters. The van der Waals surface area contributed by atoms with Crippen molar-refractivity contribution in [3.8, 4) is 28.5 Å². The number of nitriles is 1. The lowest BCUT2D eigenvalue weighted by molar-refractivity contribution is -0.666. The summed E-state index contributed by atoms with van der Waals surface area (Å²) in [4.78, 5) is 0. The van der Waals surface area contributed by atoms with E-state index in [1.165, 1.54) is 6.07 Å². The van der Waals surface area contributed by atoms with E-state index in [1.807, 2.05) is 42.8 Å². The van der Waals surface area contributed by atoms with Crippen molar-refractivity contribution >= 4 is 0 Å². The van der Waals surface area contributed by atoms with Gasteiger partial charge in [0.25, 0.3) is 0 Å². The second-order valence-electron chi connectivity index (χ2n) is 7.15. The lowest BCUT2D eigenvalue weighted by Crippen LogP contribution is -2.35. The minimum Gasteiger partial charge on any atom is -0.199 e. The first-order valence-electron chi connectivity index (χ1n) is 12.4. The first-order chi connectivity index (χ1) is 15.7. The second-order valence-corrected chi connectivity index (χ2v) is 7.15. The van der Waals surface area contributed by atoms with Gasteiger partial charge in [0.1, 0.15) is 7.05 Å². The summed E-state index contributed by atoms with van der Waals surface area (Å²) in [5.74, 6) is -2.77. The fourth-order valence-corrected chi connectivity index (χ4v) is 4.00. The highest BCUT2D eigenvalue weighted by atomic mass is 14.9. The van der Waals surface area contributed by atoms with Gasteiger partial charge in [0.2, 0.25) is 5.69 Å². The van der Waals surface area contributed by atoms with Crippen LogP contribution in [0.25, 0.3) is 22.4 Å². The highest BCUT2D eigenvalue weighted by Crippen LogP contribution is 2.43. The summed E-state index contributed by atoms with van der Waals surface area (Å²) in [5, 5.41) is 9.30. The normalized spacial score (nSPS) is 17.2. The van der Waals surface area contributed by atoms with Gasteiger partial charge in [-0.25, -0.2) is 0 Å². The van der Waals surface area contributed by atoms with Crippen LogP contribution in [0.1, 0.15) is 62.7 Å². The van der Waals surface area contributed by atoms with E-state index in [4.69, 9.17) is 9.60 Å². The van der Waals surface area contributed by atoms with Crippen molar-refractivity contribution in [2.24, 2.45) is 7.05 Å². The van der Waals surface area contributed by atoms with Gasteiger partial charge >= 0.3 is 0 Å². The molecule has 1 aliphatic carbocycles. The van der Waals surface area contributed by atoms with Gasteiger partial charge in [0.15, 0.2) is 5.69 Å². The third kappa shape index (κ3) is 2.75. The monoisotopic (exact) mass is 360 g/mol. The Morgan fingerprint density at radius 3 is 2.63 bits per heavy atom. The van der Waals surface area contributed by atoms with Crippen molar-refractivity contribution in [2.45, 2.75) is 39.9 Å². The van der Waals surface area contributed by atoms with E-state index in [2.05, 4.69) is 6.07 Å². The van der Waals surface area contributed by atoms with Gasteiger partial charge in [-0.3, -0.25) is 0 Å². The molecule has 0 spiro atoms. The minimum atomic E-state index is -3.06. The van der Waals surface area contributed by atoms with E-state index >= 15 is 0 Å². The summed E-state index contributed by atoms with van der Waals surface area (Å²) in [6.07, 6.45) is 0.602. The van der Waals surface area contributed by atoms with Crippen LogP contribution in [-0.4, -0.2) is 0 Å². The molecule has 0 saturated carbocycles. The smallest absolute Gasteiger partial charge is 0.199 e. The van der Waals surface area contributed by atoms with Crippen LogP contribution in [0.5, 0.6) is 0 Å². The highest BCUT2D eigenvalue weighted by molar-refractivity contribution is 5.85. The van der Waals surface area contributed by atoms with Crippen molar-refractivity contribution < 1.29 is 14.2 Å². The third-order valence-electron chi connectivity index (χ3n) is 5.50. The summed E-state index contributed by atoms with van der Waals surface area (Å²) in [6.45, 7) is -2.37. The Morgan fingerprint density at radius 2 is 1.89 bits per heavy atom. The summed E-state index contributed by atoms with van der Waals surface area (Å²) >= 11 is 0. The predicted molar refractivity (Wildman–Crippen MR) is 110 cm³/mol. The molecule has 0 bridgehead atoms. The zero-order valence-corrected chi connectivity index (χ0v) is 15.6. The maximum Gasteiger partial charge on any atom is 0.213 e. The van der Waals surface area contributed by atoms with E-state index in [1.54, 1.807) is 19.1 Å². The van der Waals surface area contributed by atoms with Crippen LogP contribution in [0, 0.1) is 25.2 Å². The first kappa shape index (κ1) is 11.0. The Hall–Kier alpha value is -2.92. The zero-order chi connectivity index (χ0) is 25.2. The number of pyridine rings is 1. The largest absolute Gasteiger partial charge is 0.213 e. The number of hydrogen-bond donors (Lipinski definition) is 0. The van der Waals surface area contributed by atoms with E-state index in [-0.39, 0.29) is 5.56 Å². The Balaban J connectivity index is 2.00. The third-order valence-corrected chi connectivity index (χ3v) is 5.50. The molecule has 0 amide bonds. The molecule has 2 nitrogen and oxygen atoms in total. The lowest BCUT2D eigenvalue weighted by atomic mass is 9.92. The van der Waals surface area contributed by atoms with Crippen LogP contribution in [0.3, 0.4) is 0 Å².